The van der Waals surface area contributed by atoms with E-state index in [0.717, 1.165) is 25.3 Å². The SMILES string of the molecule is CC1CN(c2ccc(CCN)cn2)CC(C)O1. The Kier molecular flexibility index (Phi) is 3.97. The van der Waals surface area contributed by atoms with Crippen LogP contribution in [-0.4, -0.2) is 36.8 Å². The molecular weight excluding hydrogens is 214 g/mol. The van der Waals surface area contributed by atoms with Crippen LogP contribution in [0.4, 0.5) is 5.82 Å². The molecule has 1 aromatic heterocycles. The van der Waals surface area contributed by atoms with Gasteiger partial charge in [-0.05, 0) is 38.4 Å². The smallest absolute Gasteiger partial charge is 0.128 e. The van der Waals surface area contributed by atoms with Crippen LogP contribution >= 0.6 is 0 Å². The summed E-state index contributed by atoms with van der Waals surface area (Å²) < 4.78 is 5.71. The van der Waals surface area contributed by atoms with Crippen LogP contribution in [0.3, 0.4) is 0 Å². The van der Waals surface area contributed by atoms with E-state index in [1.54, 1.807) is 0 Å². The Balaban J connectivity index is 2.06. The van der Waals surface area contributed by atoms with E-state index in [-0.39, 0.29) is 12.2 Å². The Hall–Kier alpha value is -1.13. The van der Waals surface area contributed by atoms with Crippen molar-refractivity contribution in [2.45, 2.75) is 32.5 Å². The number of hydrogen-bond donors (Lipinski definition) is 1. The van der Waals surface area contributed by atoms with Gasteiger partial charge in [0.05, 0.1) is 12.2 Å². The Morgan fingerprint density at radius 2 is 2.06 bits per heavy atom. The molecule has 2 heterocycles. The fourth-order valence-corrected chi connectivity index (χ4v) is 2.28. The summed E-state index contributed by atoms with van der Waals surface area (Å²) in [7, 11) is 0. The molecule has 94 valence electrons. The number of pyridine rings is 1. The quantitative estimate of drug-likeness (QED) is 0.855. The Morgan fingerprint density at radius 3 is 2.59 bits per heavy atom. The van der Waals surface area contributed by atoms with Gasteiger partial charge in [0.1, 0.15) is 5.82 Å². The maximum atomic E-state index is 5.71. The number of morpholine rings is 1. The lowest BCUT2D eigenvalue weighted by atomic mass is 10.2. The Labute approximate surface area is 103 Å². The highest BCUT2D eigenvalue weighted by Crippen LogP contribution is 2.18. The van der Waals surface area contributed by atoms with Gasteiger partial charge in [0.25, 0.3) is 0 Å². The largest absolute Gasteiger partial charge is 0.372 e. The average Bonchev–Trinajstić information content (AvgIpc) is 2.29. The first-order valence-corrected chi connectivity index (χ1v) is 6.24. The summed E-state index contributed by atoms with van der Waals surface area (Å²) in [6, 6.07) is 4.19. The average molecular weight is 235 g/mol. The number of aromatic nitrogens is 1. The van der Waals surface area contributed by atoms with Gasteiger partial charge in [-0.1, -0.05) is 6.07 Å². The van der Waals surface area contributed by atoms with E-state index in [4.69, 9.17) is 10.5 Å². The van der Waals surface area contributed by atoms with Crippen molar-refractivity contribution in [2.24, 2.45) is 5.73 Å². The third-order valence-corrected chi connectivity index (χ3v) is 2.99. The van der Waals surface area contributed by atoms with Gasteiger partial charge in [-0.25, -0.2) is 4.98 Å². The molecule has 2 atom stereocenters. The molecule has 4 heteroatoms. The maximum absolute atomic E-state index is 5.71. The molecule has 2 unspecified atom stereocenters. The van der Waals surface area contributed by atoms with Crippen molar-refractivity contribution in [3.05, 3.63) is 23.9 Å². The third kappa shape index (κ3) is 3.17. The summed E-state index contributed by atoms with van der Waals surface area (Å²) in [5, 5.41) is 0. The van der Waals surface area contributed by atoms with Crippen LogP contribution < -0.4 is 10.6 Å². The minimum absolute atomic E-state index is 0.268. The topological polar surface area (TPSA) is 51.4 Å². The minimum atomic E-state index is 0.268. The normalized spacial score (nSPS) is 25.0. The Bertz CT molecular complexity index is 342. The lowest BCUT2D eigenvalue weighted by Gasteiger charge is -2.36. The second-order valence-electron chi connectivity index (χ2n) is 4.73. The molecule has 1 aliphatic rings. The molecule has 0 aromatic carbocycles. The van der Waals surface area contributed by atoms with E-state index in [1.807, 2.05) is 6.20 Å². The lowest BCUT2D eigenvalue weighted by Crippen LogP contribution is -2.45. The highest BCUT2D eigenvalue weighted by molar-refractivity contribution is 5.40. The predicted octanol–water partition coefficient (Wildman–Crippen LogP) is 1.20. The molecule has 0 radical (unpaired) electrons. The molecule has 0 spiro atoms. The predicted molar refractivity (Wildman–Crippen MR) is 69.2 cm³/mol. The van der Waals surface area contributed by atoms with Gasteiger partial charge >= 0.3 is 0 Å². The fourth-order valence-electron chi connectivity index (χ4n) is 2.28. The molecule has 1 fully saturated rings. The number of rotatable bonds is 3. The number of anilines is 1. The van der Waals surface area contributed by atoms with Gasteiger partial charge in [0.15, 0.2) is 0 Å². The number of hydrogen-bond acceptors (Lipinski definition) is 4. The Morgan fingerprint density at radius 1 is 1.35 bits per heavy atom. The minimum Gasteiger partial charge on any atom is -0.372 e. The number of nitrogens with zero attached hydrogens (tertiary/aromatic N) is 2. The van der Waals surface area contributed by atoms with Gasteiger partial charge in [0.2, 0.25) is 0 Å². The van der Waals surface area contributed by atoms with E-state index >= 15 is 0 Å². The fraction of sp³-hybridized carbons (Fsp3) is 0.615. The van der Waals surface area contributed by atoms with Crippen molar-refractivity contribution in [1.82, 2.24) is 4.98 Å². The van der Waals surface area contributed by atoms with Crippen LogP contribution in [-0.2, 0) is 11.2 Å². The molecule has 2 N–H and O–H groups in total. The molecule has 1 saturated heterocycles. The second-order valence-corrected chi connectivity index (χ2v) is 4.73. The third-order valence-electron chi connectivity index (χ3n) is 2.99. The van der Waals surface area contributed by atoms with E-state index < -0.39 is 0 Å². The van der Waals surface area contributed by atoms with E-state index in [0.29, 0.717) is 6.54 Å². The van der Waals surface area contributed by atoms with Crippen molar-refractivity contribution in [2.75, 3.05) is 24.5 Å². The molecule has 4 nitrogen and oxygen atoms in total. The first-order chi connectivity index (χ1) is 8.19. The summed E-state index contributed by atoms with van der Waals surface area (Å²) >= 11 is 0. The van der Waals surface area contributed by atoms with Crippen LogP contribution in [0.5, 0.6) is 0 Å². The second kappa shape index (κ2) is 5.47. The molecular formula is C13H21N3O. The molecule has 0 amide bonds. The van der Waals surface area contributed by atoms with Gasteiger partial charge in [-0.2, -0.15) is 0 Å². The van der Waals surface area contributed by atoms with Crippen LogP contribution in [0.2, 0.25) is 0 Å². The van der Waals surface area contributed by atoms with Crippen molar-refractivity contribution in [3.63, 3.8) is 0 Å². The zero-order valence-electron chi connectivity index (χ0n) is 10.6. The van der Waals surface area contributed by atoms with Gasteiger partial charge in [-0.3, -0.25) is 0 Å². The molecule has 0 saturated carbocycles. The first-order valence-electron chi connectivity index (χ1n) is 6.24. The zero-order chi connectivity index (χ0) is 12.3. The molecule has 1 aliphatic heterocycles. The highest BCUT2D eigenvalue weighted by Gasteiger charge is 2.22. The molecule has 0 bridgehead atoms. The standard InChI is InChI=1S/C13H21N3O/c1-10-8-16(9-11(2)17-10)13-4-3-12(5-6-14)7-15-13/h3-4,7,10-11H,5-6,8-9,14H2,1-2H3. The van der Waals surface area contributed by atoms with Gasteiger partial charge < -0.3 is 15.4 Å². The van der Waals surface area contributed by atoms with Crippen LogP contribution in [0.15, 0.2) is 18.3 Å². The summed E-state index contributed by atoms with van der Waals surface area (Å²) in [6.07, 6.45) is 3.35. The highest BCUT2D eigenvalue weighted by atomic mass is 16.5. The monoisotopic (exact) mass is 235 g/mol. The van der Waals surface area contributed by atoms with Crippen molar-refractivity contribution in [3.8, 4) is 0 Å². The summed E-state index contributed by atoms with van der Waals surface area (Å²) in [6.45, 7) is 6.70. The van der Waals surface area contributed by atoms with Crippen LogP contribution in [0, 0.1) is 0 Å². The number of ether oxygens (including phenoxy) is 1. The van der Waals surface area contributed by atoms with E-state index in [2.05, 4.69) is 35.9 Å². The molecule has 0 aliphatic carbocycles. The zero-order valence-corrected chi connectivity index (χ0v) is 10.6. The van der Waals surface area contributed by atoms with Crippen molar-refractivity contribution < 1.29 is 4.74 Å². The van der Waals surface area contributed by atoms with Crippen molar-refractivity contribution in [1.29, 1.82) is 0 Å². The number of nitrogens with two attached hydrogens (primary N) is 1. The van der Waals surface area contributed by atoms with E-state index in [1.165, 1.54) is 5.56 Å². The summed E-state index contributed by atoms with van der Waals surface area (Å²) in [5.74, 6) is 1.03. The first kappa shape index (κ1) is 12.3. The molecule has 1 aromatic rings. The van der Waals surface area contributed by atoms with Crippen molar-refractivity contribution >= 4 is 5.82 Å². The summed E-state index contributed by atoms with van der Waals surface area (Å²) in [4.78, 5) is 6.79. The van der Waals surface area contributed by atoms with E-state index in [9.17, 15) is 0 Å². The molecule has 2 rings (SSSR count). The van der Waals surface area contributed by atoms with Gasteiger partial charge in [0, 0.05) is 19.3 Å². The molecule has 17 heavy (non-hydrogen) atoms. The van der Waals surface area contributed by atoms with Crippen LogP contribution in [0.1, 0.15) is 19.4 Å². The lowest BCUT2D eigenvalue weighted by molar-refractivity contribution is -0.00545. The maximum Gasteiger partial charge on any atom is 0.128 e. The summed E-state index contributed by atoms with van der Waals surface area (Å²) in [5.41, 5.74) is 6.72. The van der Waals surface area contributed by atoms with Gasteiger partial charge in [-0.15, -0.1) is 0 Å². The van der Waals surface area contributed by atoms with Crippen LogP contribution in [0.25, 0.3) is 0 Å².